The maximum Gasteiger partial charge on any atom is 0.376 e. The third kappa shape index (κ3) is 2.28. The van der Waals surface area contributed by atoms with E-state index in [1.807, 2.05) is 36.4 Å². The second-order valence-corrected chi connectivity index (χ2v) is 5.13. The van der Waals surface area contributed by atoms with Gasteiger partial charge < -0.3 is 9.72 Å². The molecule has 21 heavy (non-hydrogen) atoms. The van der Waals surface area contributed by atoms with Crippen LogP contribution in [0.15, 0.2) is 42.5 Å². The predicted molar refractivity (Wildman–Crippen MR) is 81.4 cm³/mol. The summed E-state index contributed by atoms with van der Waals surface area (Å²) in [5.74, 6) is -1.70. The van der Waals surface area contributed by atoms with Gasteiger partial charge in [0.25, 0.3) is 5.78 Å². The summed E-state index contributed by atoms with van der Waals surface area (Å²) < 4.78 is 4.42. The molecule has 0 saturated carbocycles. The van der Waals surface area contributed by atoms with Gasteiger partial charge in [-0.25, -0.2) is 4.79 Å². The van der Waals surface area contributed by atoms with Crippen molar-refractivity contribution in [3.63, 3.8) is 0 Å². The summed E-state index contributed by atoms with van der Waals surface area (Å²) in [5, 5.41) is 0.964. The monoisotopic (exact) mass is 301 g/mol. The van der Waals surface area contributed by atoms with E-state index in [0.717, 1.165) is 28.9 Å². The summed E-state index contributed by atoms with van der Waals surface area (Å²) in [7, 11) is 1.16. The number of aromatic amines is 1. The smallest absolute Gasteiger partial charge is 0.376 e. The molecule has 0 bridgehead atoms. The van der Waals surface area contributed by atoms with Gasteiger partial charge in [0.05, 0.1) is 7.11 Å². The Labute approximate surface area is 125 Å². The largest absolute Gasteiger partial charge is 0.463 e. The van der Waals surface area contributed by atoms with E-state index in [0.29, 0.717) is 5.56 Å². The fourth-order valence-electron chi connectivity index (χ4n) is 2.38. The Bertz CT molecular complexity index is 853. The van der Waals surface area contributed by atoms with Gasteiger partial charge in [-0.1, -0.05) is 24.3 Å². The maximum atomic E-state index is 11.8. The fraction of sp³-hybridized carbons (Fsp3) is 0.125. The summed E-state index contributed by atoms with van der Waals surface area (Å²) in [5.41, 5.74) is 2.54. The molecule has 1 N–H and O–H groups in total. The Morgan fingerprint density at radius 1 is 1.10 bits per heavy atom. The van der Waals surface area contributed by atoms with Crippen molar-refractivity contribution in [3.8, 4) is 0 Å². The van der Waals surface area contributed by atoms with E-state index in [-0.39, 0.29) is 0 Å². The van der Waals surface area contributed by atoms with Crippen molar-refractivity contribution in [3.05, 3.63) is 48.0 Å². The number of H-pyrrole nitrogens is 1. The lowest BCUT2D eigenvalue weighted by atomic mass is 10.0. The number of ketones is 1. The minimum absolute atomic E-state index is 0.573. The highest BCUT2D eigenvalue weighted by atomic mass is 35.5. The van der Waals surface area contributed by atoms with E-state index in [9.17, 15) is 9.59 Å². The van der Waals surface area contributed by atoms with Gasteiger partial charge in [0.1, 0.15) is 5.38 Å². The molecule has 5 heteroatoms. The van der Waals surface area contributed by atoms with Crippen molar-refractivity contribution in [1.82, 2.24) is 4.98 Å². The highest BCUT2D eigenvalue weighted by Crippen LogP contribution is 2.30. The number of methoxy groups -OCH3 is 1. The van der Waals surface area contributed by atoms with Crippen LogP contribution in [-0.4, -0.2) is 23.8 Å². The molecule has 1 heterocycles. The predicted octanol–water partition coefficient (Wildman–Crippen LogP) is 3.34. The highest BCUT2D eigenvalue weighted by Gasteiger charge is 2.26. The van der Waals surface area contributed by atoms with Crippen molar-refractivity contribution in [2.75, 3.05) is 7.11 Å². The molecule has 0 fully saturated rings. The molecule has 0 radical (unpaired) electrons. The zero-order valence-electron chi connectivity index (χ0n) is 11.2. The number of rotatable bonds is 3. The number of carbonyl (C=O) groups excluding carboxylic acids is 2. The summed E-state index contributed by atoms with van der Waals surface area (Å²) in [6.45, 7) is 0. The number of ether oxygens (including phenoxy) is 1. The number of halogens is 1. The lowest BCUT2D eigenvalue weighted by Crippen LogP contribution is -2.20. The van der Waals surface area contributed by atoms with E-state index >= 15 is 0 Å². The molecular weight excluding hydrogens is 290 g/mol. The summed E-state index contributed by atoms with van der Waals surface area (Å²) in [4.78, 5) is 26.4. The van der Waals surface area contributed by atoms with Crippen LogP contribution in [0.5, 0.6) is 0 Å². The molecule has 3 aromatic rings. The molecule has 0 aliphatic rings. The third-order valence-electron chi connectivity index (χ3n) is 3.44. The van der Waals surface area contributed by atoms with Crippen LogP contribution in [-0.2, 0) is 14.3 Å². The number of alkyl halides is 1. The van der Waals surface area contributed by atoms with Crippen LogP contribution in [0.1, 0.15) is 10.9 Å². The molecule has 0 aliphatic heterocycles. The quantitative estimate of drug-likeness (QED) is 0.458. The Morgan fingerprint density at radius 2 is 1.81 bits per heavy atom. The summed E-state index contributed by atoms with van der Waals surface area (Å²) in [6, 6.07) is 13.3. The number of fused-ring (bicyclic) bond motifs is 3. The molecule has 3 rings (SSSR count). The molecule has 106 valence electrons. The van der Waals surface area contributed by atoms with Crippen LogP contribution < -0.4 is 0 Å². The van der Waals surface area contributed by atoms with Crippen LogP contribution in [0.4, 0.5) is 0 Å². The van der Waals surface area contributed by atoms with Gasteiger partial charge >= 0.3 is 5.97 Å². The summed E-state index contributed by atoms with van der Waals surface area (Å²) >= 11 is 6.09. The van der Waals surface area contributed by atoms with E-state index < -0.39 is 17.1 Å². The van der Waals surface area contributed by atoms with Crippen LogP contribution in [0.2, 0.25) is 0 Å². The first-order valence-corrected chi connectivity index (χ1v) is 6.82. The molecule has 1 aromatic heterocycles. The van der Waals surface area contributed by atoms with Gasteiger partial charge in [-0.05, 0) is 23.8 Å². The van der Waals surface area contributed by atoms with Gasteiger partial charge in [0.2, 0.25) is 0 Å². The number of hydrogen-bond donors (Lipinski definition) is 1. The van der Waals surface area contributed by atoms with Crippen LogP contribution in [0, 0.1) is 0 Å². The van der Waals surface area contributed by atoms with Crippen LogP contribution in [0.25, 0.3) is 21.8 Å². The van der Waals surface area contributed by atoms with Gasteiger partial charge in [-0.15, -0.1) is 11.6 Å². The first-order chi connectivity index (χ1) is 10.1. The van der Waals surface area contributed by atoms with Crippen molar-refractivity contribution in [1.29, 1.82) is 0 Å². The minimum Gasteiger partial charge on any atom is -0.463 e. The first-order valence-electron chi connectivity index (χ1n) is 6.38. The average Bonchev–Trinajstić information content (AvgIpc) is 2.90. The first kappa shape index (κ1) is 13.6. The van der Waals surface area contributed by atoms with E-state index in [1.165, 1.54) is 0 Å². The van der Waals surface area contributed by atoms with Crippen molar-refractivity contribution in [2.45, 2.75) is 5.38 Å². The maximum absolute atomic E-state index is 11.8. The Kier molecular flexibility index (Phi) is 3.39. The van der Waals surface area contributed by atoms with Crippen molar-refractivity contribution >= 4 is 45.2 Å². The fourth-order valence-corrected chi connectivity index (χ4v) is 2.60. The lowest BCUT2D eigenvalue weighted by molar-refractivity contribution is -0.151. The zero-order chi connectivity index (χ0) is 15.0. The van der Waals surface area contributed by atoms with Crippen LogP contribution >= 0.6 is 11.6 Å². The number of benzene rings is 2. The second kappa shape index (κ2) is 5.22. The van der Waals surface area contributed by atoms with E-state index in [2.05, 4.69) is 9.72 Å². The molecule has 2 aromatic carbocycles. The standard InChI is InChI=1S/C16H12ClNO3/c1-21-16(20)15(19)14(17)9-6-7-13-11(8-9)10-4-2-3-5-12(10)18-13/h2-8,14,18H,1H3. The second-order valence-electron chi connectivity index (χ2n) is 4.69. The molecule has 1 unspecified atom stereocenters. The number of para-hydroxylation sites is 1. The lowest BCUT2D eigenvalue weighted by Gasteiger charge is -2.07. The Balaban J connectivity index is 2.10. The molecule has 0 saturated heterocycles. The molecule has 0 spiro atoms. The number of Topliss-reactive ketones (excluding diaryl/α,β-unsaturated/α-hetero) is 1. The Hall–Kier alpha value is -2.33. The molecule has 4 nitrogen and oxygen atoms in total. The topological polar surface area (TPSA) is 59.2 Å². The van der Waals surface area contributed by atoms with Gasteiger partial charge in [-0.2, -0.15) is 0 Å². The molecular formula is C16H12ClNO3. The number of nitrogens with one attached hydrogen (secondary N) is 1. The SMILES string of the molecule is COC(=O)C(=O)C(Cl)c1ccc2[nH]c3ccccc3c2c1. The van der Waals surface area contributed by atoms with Crippen molar-refractivity contribution < 1.29 is 14.3 Å². The van der Waals surface area contributed by atoms with Crippen LogP contribution in [0.3, 0.4) is 0 Å². The highest BCUT2D eigenvalue weighted by molar-refractivity contribution is 6.47. The number of esters is 1. The summed E-state index contributed by atoms with van der Waals surface area (Å²) in [6.07, 6.45) is 0. The van der Waals surface area contributed by atoms with E-state index in [1.54, 1.807) is 6.07 Å². The third-order valence-corrected chi connectivity index (χ3v) is 3.89. The molecule has 0 aliphatic carbocycles. The molecule has 0 amide bonds. The minimum atomic E-state index is -1.05. The number of carbonyl (C=O) groups is 2. The molecule has 1 atom stereocenters. The van der Waals surface area contributed by atoms with Gasteiger partial charge in [0.15, 0.2) is 0 Å². The van der Waals surface area contributed by atoms with Crippen molar-refractivity contribution in [2.24, 2.45) is 0 Å². The van der Waals surface area contributed by atoms with E-state index in [4.69, 9.17) is 11.6 Å². The van der Waals surface area contributed by atoms with Gasteiger partial charge in [0, 0.05) is 21.8 Å². The van der Waals surface area contributed by atoms with Gasteiger partial charge in [-0.3, -0.25) is 4.79 Å². The normalized spacial score (nSPS) is 12.5. The average molecular weight is 302 g/mol. The zero-order valence-corrected chi connectivity index (χ0v) is 12.0. The Morgan fingerprint density at radius 3 is 2.57 bits per heavy atom. The number of aromatic nitrogens is 1. The number of hydrogen-bond acceptors (Lipinski definition) is 3.